The van der Waals surface area contributed by atoms with Crippen LogP contribution in [-0.4, -0.2) is 35.6 Å². The fraction of sp³-hybridized carbons (Fsp3) is 0.280. The Kier molecular flexibility index (Phi) is 8.60. The molecule has 0 N–H and O–H groups in total. The van der Waals surface area contributed by atoms with Crippen LogP contribution in [0.2, 0.25) is 0 Å². The highest BCUT2D eigenvalue weighted by Crippen LogP contribution is 2.34. The first-order valence-corrected chi connectivity index (χ1v) is 10.6. The monoisotopic (exact) mass is 482 g/mol. The van der Waals surface area contributed by atoms with E-state index in [9.17, 15) is 28.8 Å². The molecule has 0 bridgehead atoms. The minimum Gasteiger partial charge on any atom is -0.424 e. The van der Waals surface area contributed by atoms with Crippen LogP contribution in [0.15, 0.2) is 36.4 Å². The van der Waals surface area contributed by atoms with Gasteiger partial charge in [-0.2, -0.15) is 0 Å². The molecule has 2 aromatic rings. The average molecular weight is 482 g/mol. The maximum Gasteiger partial charge on any atom is 0.308 e. The van der Waals surface area contributed by atoms with Gasteiger partial charge in [-0.3, -0.25) is 28.8 Å². The van der Waals surface area contributed by atoms with E-state index in [0.29, 0.717) is 11.1 Å². The van der Waals surface area contributed by atoms with Crippen molar-refractivity contribution in [3.8, 4) is 11.5 Å². The summed E-state index contributed by atoms with van der Waals surface area (Å²) in [7, 11) is 0. The molecule has 10 heteroatoms. The van der Waals surface area contributed by atoms with Crippen molar-refractivity contribution < 1.29 is 38.2 Å². The molecule has 0 atom stereocenters. The summed E-state index contributed by atoms with van der Waals surface area (Å²) < 4.78 is 10.5. The predicted molar refractivity (Wildman–Crippen MR) is 126 cm³/mol. The summed E-state index contributed by atoms with van der Waals surface area (Å²) in [4.78, 5) is 73.0. The van der Waals surface area contributed by atoms with Gasteiger partial charge in [0.2, 0.25) is 23.6 Å². The van der Waals surface area contributed by atoms with Gasteiger partial charge in [-0.15, -0.1) is 0 Å². The summed E-state index contributed by atoms with van der Waals surface area (Å²) in [6.07, 6.45) is 0.267. The number of hydrogen-bond acceptors (Lipinski definition) is 8. The van der Waals surface area contributed by atoms with Crippen LogP contribution in [0.4, 0.5) is 11.4 Å². The normalized spacial score (nSPS) is 10.2. The zero-order valence-corrected chi connectivity index (χ0v) is 20.3. The molecule has 0 radical (unpaired) electrons. The molecule has 0 spiro atoms. The molecule has 184 valence electrons. The van der Waals surface area contributed by atoms with Gasteiger partial charge >= 0.3 is 11.9 Å². The summed E-state index contributed by atoms with van der Waals surface area (Å²) in [5.74, 6) is -3.38. The highest BCUT2D eigenvalue weighted by molar-refractivity contribution is 6.15. The first-order chi connectivity index (χ1) is 16.3. The Morgan fingerprint density at radius 2 is 0.886 bits per heavy atom. The maximum absolute atomic E-state index is 12.0. The fourth-order valence-electron chi connectivity index (χ4n) is 3.54. The fourth-order valence-corrected chi connectivity index (χ4v) is 3.54. The van der Waals surface area contributed by atoms with Gasteiger partial charge in [-0.05, 0) is 41.8 Å². The molecule has 0 saturated carbocycles. The summed E-state index contributed by atoms with van der Waals surface area (Å²) in [5.41, 5.74) is 1.54. The van der Waals surface area contributed by atoms with Gasteiger partial charge in [0.05, 0.1) is 11.4 Å². The number of anilines is 2. The van der Waals surface area contributed by atoms with E-state index in [-0.39, 0.29) is 29.3 Å². The molecule has 0 aliphatic carbocycles. The molecule has 0 aliphatic heterocycles. The van der Waals surface area contributed by atoms with Gasteiger partial charge in [0.1, 0.15) is 0 Å². The lowest BCUT2D eigenvalue weighted by Crippen LogP contribution is -2.33. The second-order valence-electron chi connectivity index (χ2n) is 7.72. The van der Waals surface area contributed by atoms with Gasteiger partial charge < -0.3 is 9.47 Å². The lowest BCUT2D eigenvalue weighted by atomic mass is 10.0. The van der Waals surface area contributed by atoms with Crippen LogP contribution in [-0.2, 0) is 35.2 Å². The molecule has 0 saturated heterocycles. The van der Waals surface area contributed by atoms with Gasteiger partial charge in [-0.25, -0.2) is 9.80 Å². The molecule has 0 aliphatic rings. The summed E-state index contributed by atoms with van der Waals surface area (Å²) in [5, 5.41) is 0. The van der Waals surface area contributed by atoms with E-state index in [1.165, 1.54) is 65.8 Å². The third kappa shape index (κ3) is 6.83. The van der Waals surface area contributed by atoms with Crippen LogP contribution >= 0.6 is 0 Å². The first kappa shape index (κ1) is 26.9. The summed E-state index contributed by atoms with van der Waals surface area (Å²) in [6, 6.07) is 9.32. The number of amides is 4. The zero-order chi connectivity index (χ0) is 26.4. The van der Waals surface area contributed by atoms with Crippen LogP contribution < -0.4 is 19.3 Å². The van der Waals surface area contributed by atoms with Crippen molar-refractivity contribution in [3.63, 3.8) is 0 Å². The van der Waals surface area contributed by atoms with E-state index in [4.69, 9.17) is 9.47 Å². The summed E-state index contributed by atoms with van der Waals surface area (Å²) in [6.45, 7) is 7.27. The molecule has 10 nitrogen and oxygen atoms in total. The molecule has 4 amide bonds. The topological polar surface area (TPSA) is 127 Å². The Hall–Kier alpha value is -4.34. The lowest BCUT2D eigenvalue weighted by Gasteiger charge is -2.21. The number of rotatable bonds is 6. The van der Waals surface area contributed by atoms with E-state index in [1.54, 1.807) is 12.1 Å². The van der Waals surface area contributed by atoms with Crippen LogP contribution in [0.25, 0.3) is 0 Å². The second-order valence-corrected chi connectivity index (χ2v) is 7.72. The van der Waals surface area contributed by atoms with Gasteiger partial charge in [0, 0.05) is 41.5 Å². The largest absolute Gasteiger partial charge is 0.424 e. The molecule has 0 aromatic heterocycles. The number of imide groups is 2. The first-order valence-electron chi connectivity index (χ1n) is 10.6. The van der Waals surface area contributed by atoms with Crippen molar-refractivity contribution in [2.24, 2.45) is 0 Å². The van der Waals surface area contributed by atoms with Crippen LogP contribution in [0.1, 0.15) is 52.7 Å². The quantitative estimate of drug-likeness (QED) is 0.454. The number of carbonyl (C=O) groups excluding carboxylic acids is 6. The molecule has 35 heavy (non-hydrogen) atoms. The molecule has 0 unspecified atom stereocenters. The van der Waals surface area contributed by atoms with Crippen LogP contribution in [0, 0.1) is 0 Å². The number of ether oxygens (including phenoxy) is 2. The van der Waals surface area contributed by atoms with E-state index in [0.717, 1.165) is 9.80 Å². The molecular formula is C25H26N2O8. The van der Waals surface area contributed by atoms with Crippen molar-refractivity contribution in [1.29, 1.82) is 0 Å². The smallest absolute Gasteiger partial charge is 0.308 e. The lowest BCUT2D eigenvalue weighted by molar-refractivity contribution is -0.132. The van der Waals surface area contributed by atoms with Gasteiger partial charge in [-0.1, -0.05) is 12.1 Å². The Morgan fingerprint density at radius 3 is 1.14 bits per heavy atom. The Bertz CT molecular complexity index is 1100. The van der Waals surface area contributed by atoms with Gasteiger partial charge in [0.15, 0.2) is 11.5 Å². The summed E-state index contributed by atoms with van der Waals surface area (Å²) >= 11 is 0. The third-order valence-corrected chi connectivity index (χ3v) is 4.71. The highest BCUT2D eigenvalue weighted by Gasteiger charge is 2.23. The molecule has 0 heterocycles. The number of carbonyl (C=O) groups is 6. The number of esters is 2. The van der Waals surface area contributed by atoms with Crippen molar-refractivity contribution in [1.82, 2.24) is 0 Å². The van der Waals surface area contributed by atoms with E-state index < -0.39 is 35.6 Å². The number of hydrogen-bond donors (Lipinski definition) is 0. The number of nitrogens with zero attached hydrogens (tertiary/aromatic N) is 2. The van der Waals surface area contributed by atoms with Crippen molar-refractivity contribution >= 4 is 46.9 Å². The Morgan fingerprint density at radius 1 is 0.571 bits per heavy atom. The average Bonchev–Trinajstić information content (AvgIpc) is 2.69. The predicted octanol–water partition coefficient (Wildman–Crippen LogP) is 2.93. The SMILES string of the molecule is CC(=O)Oc1cc(Cc2ccc(N(C(C)=O)C(C)=O)c(OC(C)=O)c2)ccc1N(C(C)=O)C(C)=O. The molecular weight excluding hydrogens is 456 g/mol. The Labute approximate surface area is 202 Å². The standard InChI is InChI=1S/C25H26N2O8/c1-14(28)26(15(2)29)22-9-7-20(12-24(22)34-18(5)32)11-21-8-10-23(25(13-21)35-19(6)33)27(16(3)30)17(4)31/h7-10,12-13H,11H2,1-6H3. The molecule has 2 aromatic carbocycles. The van der Waals surface area contributed by atoms with Crippen molar-refractivity contribution in [3.05, 3.63) is 47.5 Å². The molecule has 2 rings (SSSR count). The van der Waals surface area contributed by atoms with Crippen molar-refractivity contribution in [2.45, 2.75) is 48.0 Å². The van der Waals surface area contributed by atoms with E-state index >= 15 is 0 Å². The van der Waals surface area contributed by atoms with Gasteiger partial charge in [0.25, 0.3) is 0 Å². The second kappa shape index (κ2) is 11.2. The zero-order valence-electron chi connectivity index (χ0n) is 20.3. The minimum atomic E-state index is -0.634. The van der Waals surface area contributed by atoms with Crippen molar-refractivity contribution in [2.75, 3.05) is 9.80 Å². The van der Waals surface area contributed by atoms with Crippen LogP contribution in [0.3, 0.4) is 0 Å². The van der Waals surface area contributed by atoms with E-state index in [1.807, 2.05) is 0 Å². The third-order valence-electron chi connectivity index (χ3n) is 4.71. The molecule has 0 fully saturated rings. The maximum atomic E-state index is 12.0. The van der Waals surface area contributed by atoms with Crippen LogP contribution in [0.5, 0.6) is 11.5 Å². The Balaban J connectivity index is 2.53. The number of benzene rings is 2. The van der Waals surface area contributed by atoms with E-state index in [2.05, 4.69) is 0 Å². The highest BCUT2D eigenvalue weighted by atomic mass is 16.5. The minimum absolute atomic E-state index is 0.0246.